The molecule has 0 radical (unpaired) electrons. The predicted octanol–water partition coefficient (Wildman–Crippen LogP) is -6.90. The fourth-order valence-electron chi connectivity index (χ4n) is 20.5. The van der Waals surface area contributed by atoms with Crippen LogP contribution in [0.1, 0.15) is 120 Å². The van der Waals surface area contributed by atoms with Crippen LogP contribution in [0.4, 0.5) is 0 Å². The number of ether oxygens (including phenoxy) is 14. The van der Waals surface area contributed by atoms with Gasteiger partial charge in [0.05, 0.1) is 63.4 Å². The summed E-state index contributed by atoms with van der Waals surface area (Å²) in [6.45, 7) is 11.9. The number of carbonyl (C=O) groups is 1. The smallest absolute Gasteiger partial charge is 0.315 e. The lowest BCUT2D eigenvalue weighted by atomic mass is 9.33. The monoisotopic (exact) mass is 1540 g/mol. The third-order valence-corrected chi connectivity index (χ3v) is 27.4. The minimum atomic E-state index is -2.18. The number of hydrogen-bond acceptors (Lipinski definition) is 36. The molecule has 36 nitrogen and oxygen atoms in total. The van der Waals surface area contributed by atoms with Crippen molar-refractivity contribution < 1.29 is 178 Å². The van der Waals surface area contributed by atoms with Crippen LogP contribution >= 0.6 is 0 Å². The summed E-state index contributed by atoms with van der Waals surface area (Å²) in [5, 5.41) is 231. The molecule has 36 heteroatoms. The molecule has 12 rings (SSSR count). The zero-order valence-electron chi connectivity index (χ0n) is 61.3. The number of fused-ring (bicyclic) bond motifs is 7. The van der Waals surface area contributed by atoms with E-state index in [4.69, 9.17) is 66.3 Å². The topological polar surface area (TPSA) is 571 Å². The van der Waals surface area contributed by atoms with Crippen LogP contribution in [0.25, 0.3) is 0 Å². The molecule has 43 atom stereocenters. The van der Waals surface area contributed by atoms with Gasteiger partial charge in [-0.1, -0.05) is 53.2 Å². The van der Waals surface area contributed by atoms with Crippen molar-refractivity contribution in [2.45, 2.75) is 335 Å². The van der Waals surface area contributed by atoms with Crippen LogP contribution in [0.3, 0.4) is 0 Å². The fourth-order valence-corrected chi connectivity index (χ4v) is 20.5. The van der Waals surface area contributed by atoms with E-state index < -0.39 is 276 Å². The standard InChI is InChI=1S/C71H116O36/c1-26-38(77)44(83)49(88)59(96-26)105-56-53(92)63(100-33(22-74)54(56)103-60-50(89)46(85)42(81)32(21-73)99-60)104-55-39(78)27(2)97-62(52(55)91)106-57-40(79)30(76)23-94-64(57)102-37-12-13-67(5)35(68(37,6)25-75)11-14-70(8)36(67)10-9-28-29-19-66(3,4)15-17-71(29,18-16-69(28,70)7)65(93)107-61-51(90)47(86)43(82)34(101-61)24-95-58-48(87)45(84)41(80)31(20-72)98-58/h9,26-27,29-64,72-92H,10-25H2,1-8H3/t26-,27-,29+,30-,31+,32+,33+,34+,35+,36+,37-,38-,39-,40-,41+,42+,43+,44+,45-,46-,47-,48+,49+,50+,51+,52+,53+,54+,55+,56+,57+,58+,59+,60-,61-,62-,63-,64-,67+,68-,69+,70+,71-/m0/s1. The Morgan fingerprint density at radius 1 is 0.449 bits per heavy atom. The maximum atomic E-state index is 15.3. The number of aliphatic hydroxyl groups is 21. The highest BCUT2D eigenvalue weighted by Gasteiger charge is 2.71. The highest BCUT2D eigenvalue weighted by atomic mass is 16.8. The van der Waals surface area contributed by atoms with Crippen molar-refractivity contribution >= 4 is 5.97 Å². The minimum Gasteiger partial charge on any atom is -0.432 e. The third kappa shape index (κ3) is 14.8. The van der Waals surface area contributed by atoms with E-state index in [1.807, 2.05) is 6.92 Å². The first-order chi connectivity index (χ1) is 50.3. The molecular formula is C71H116O36. The molecule has 5 aliphatic carbocycles. The Balaban J connectivity index is 0.742. The van der Waals surface area contributed by atoms with Gasteiger partial charge in [0, 0.05) is 5.41 Å². The van der Waals surface area contributed by atoms with E-state index in [9.17, 15) is 107 Å². The molecule has 0 aromatic carbocycles. The fraction of sp³-hybridized carbons (Fsp3) is 0.958. The highest BCUT2D eigenvalue weighted by Crippen LogP contribution is 2.76. The molecule has 7 heterocycles. The Kier molecular flexibility index (Phi) is 25.3. The van der Waals surface area contributed by atoms with E-state index in [1.54, 1.807) is 0 Å². The van der Waals surface area contributed by atoms with Crippen molar-refractivity contribution in [1.29, 1.82) is 0 Å². The van der Waals surface area contributed by atoms with Gasteiger partial charge in [0.1, 0.15) is 153 Å². The lowest BCUT2D eigenvalue weighted by Crippen LogP contribution is -2.68. The quantitative estimate of drug-likeness (QED) is 0.0325. The predicted molar refractivity (Wildman–Crippen MR) is 353 cm³/mol. The Labute approximate surface area is 618 Å². The van der Waals surface area contributed by atoms with Gasteiger partial charge in [-0.15, -0.1) is 0 Å². The molecule has 0 bridgehead atoms. The molecule has 11 fully saturated rings. The number of aliphatic hydroxyl groups excluding tert-OH is 21. The molecule has 0 aromatic rings. The van der Waals surface area contributed by atoms with Crippen LogP contribution in [0, 0.1) is 50.2 Å². The summed E-state index contributed by atoms with van der Waals surface area (Å²) in [5.41, 5.74) is -2.50. The molecule has 7 saturated heterocycles. The molecule has 0 aromatic heterocycles. The SMILES string of the molecule is C[C@@H]1O[C@H](O[C@@H]2[C@@H](O)[C@H](O[C@@H]3[C@@H](O)[C@H](C)O[C@@H](O[C@H]4[C@H](O[C@H]5CC[C@]6(C)[C@@H](CC[C@]7(C)[C@@H]6CC=C6[C@H]8CC(C)(C)CC[C@]8(C(=O)O[C@@H]8O[C@H](CO[C@@H]9O[C@H](CO)[C@@H](O)[C@H](O)[C@H]9O)[C@@H](O)[C@H](O)[C@H]8O)CC[C@]67C)[C@]5(C)CO)OC[C@H](O)[C@@H]4O)[C@@H]3O)O[C@H](CO)[C@H]2O[C@@H]2O[C@H](CO)[C@@H](O)[C@H](O)[C@H]2O)[C@H](O)[C@H](O)[C@H]1O. The van der Waals surface area contributed by atoms with Crippen molar-refractivity contribution in [3.63, 3.8) is 0 Å². The second-order valence-corrected chi connectivity index (χ2v) is 34.1. The molecule has 0 amide bonds. The maximum absolute atomic E-state index is 15.3. The Morgan fingerprint density at radius 2 is 0.944 bits per heavy atom. The molecule has 4 saturated carbocycles. The second-order valence-electron chi connectivity index (χ2n) is 34.1. The van der Waals surface area contributed by atoms with Gasteiger partial charge in [-0.25, -0.2) is 0 Å². The van der Waals surface area contributed by atoms with Gasteiger partial charge in [0.25, 0.3) is 0 Å². The average Bonchev–Trinajstić information content (AvgIpc) is 0.673. The molecule has 12 aliphatic rings. The van der Waals surface area contributed by atoms with E-state index in [-0.39, 0.29) is 35.2 Å². The van der Waals surface area contributed by atoms with Crippen LogP contribution in [-0.4, -0.2) is 368 Å². The molecule has 616 valence electrons. The van der Waals surface area contributed by atoms with E-state index >= 15 is 4.79 Å². The normalized spacial score (nSPS) is 55.1. The van der Waals surface area contributed by atoms with Gasteiger partial charge in [-0.05, 0) is 117 Å². The molecular weight excluding hydrogens is 1430 g/mol. The van der Waals surface area contributed by atoms with Gasteiger partial charge in [-0.3, -0.25) is 4.79 Å². The molecule has 107 heavy (non-hydrogen) atoms. The summed E-state index contributed by atoms with van der Waals surface area (Å²) in [7, 11) is 0. The first-order valence-corrected chi connectivity index (χ1v) is 37.7. The summed E-state index contributed by atoms with van der Waals surface area (Å²) in [4.78, 5) is 15.3. The van der Waals surface area contributed by atoms with Crippen LogP contribution in [-0.2, 0) is 71.1 Å². The minimum absolute atomic E-state index is 0.0219. The largest absolute Gasteiger partial charge is 0.432 e. The Hall–Kier alpha value is -2.15. The Morgan fingerprint density at radius 3 is 1.57 bits per heavy atom. The van der Waals surface area contributed by atoms with Crippen molar-refractivity contribution in [1.82, 2.24) is 0 Å². The molecule has 0 spiro atoms. The summed E-state index contributed by atoms with van der Waals surface area (Å²) >= 11 is 0. The number of hydrogen-bond donors (Lipinski definition) is 21. The van der Waals surface area contributed by atoms with Gasteiger partial charge >= 0.3 is 5.97 Å². The number of rotatable bonds is 19. The van der Waals surface area contributed by atoms with Gasteiger partial charge in [0.15, 0.2) is 37.7 Å². The van der Waals surface area contributed by atoms with E-state index in [2.05, 4.69) is 40.7 Å². The van der Waals surface area contributed by atoms with E-state index in [1.165, 1.54) is 13.8 Å². The van der Waals surface area contributed by atoms with Crippen LogP contribution in [0.5, 0.6) is 0 Å². The average molecular weight is 1550 g/mol. The van der Waals surface area contributed by atoms with Crippen molar-refractivity contribution in [3.05, 3.63) is 11.6 Å². The van der Waals surface area contributed by atoms with E-state index in [0.29, 0.717) is 64.2 Å². The van der Waals surface area contributed by atoms with Gasteiger partial charge < -0.3 is 174 Å². The summed E-state index contributed by atoms with van der Waals surface area (Å²) < 4.78 is 84.2. The highest BCUT2D eigenvalue weighted by molar-refractivity contribution is 5.79. The zero-order chi connectivity index (χ0) is 78.0. The number of esters is 1. The second kappa shape index (κ2) is 32.1. The van der Waals surface area contributed by atoms with Crippen LogP contribution < -0.4 is 0 Å². The van der Waals surface area contributed by atoms with Crippen LogP contribution in [0.2, 0.25) is 0 Å². The zero-order valence-corrected chi connectivity index (χ0v) is 61.3. The molecule has 7 aliphatic heterocycles. The molecule has 0 unspecified atom stereocenters. The summed E-state index contributed by atoms with van der Waals surface area (Å²) in [6, 6.07) is 0. The molecule has 21 N–H and O–H groups in total. The lowest BCUT2D eigenvalue weighted by Gasteiger charge is -2.71. The number of allylic oxidation sites excluding steroid dienone is 2. The van der Waals surface area contributed by atoms with Crippen LogP contribution in [0.15, 0.2) is 11.6 Å². The lowest BCUT2D eigenvalue weighted by molar-refractivity contribution is -0.403. The summed E-state index contributed by atoms with van der Waals surface area (Å²) in [5.74, 6) is -1.16. The van der Waals surface area contributed by atoms with Gasteiger partial charge in [0.2, 0.25) is 6.29 Å². The van der Waals surface area contributed by atoms with Crippen molar-refractivity contribution in [3.8, 4) is 0 Å². The maximum Gasteiger partial charge on any atom is 0.315 e. The number of carbonyl (C=O) groups excluding carboxylic acids is 1. The van der Waals surface area contributed by atoms with Crippen molar-refractivity contribution in [2.75, 3.05) is 39.6 Å². The first-order valence-electron chi connectivity index (χ1n) is 37.7. The summed E-state index contributed by atoms with van der Waals surface area (Å²) in [6.07, 6.45) is -52.9. The van der Waals surface area contributed by atoms with Gasteiger partial charge in [-0.2, -0.15) is 0 Å². The van der Waals surface area contributed by atoms with E-state index in [0.717, 1.165) is 5.57 Å². The van der Waals surface area contributed by atoms with Crippen molar-refractivity contribution in [2.24, 2.45) is 50.2 Å². The first kappa shape index (κ1) is 84.3. The Bertz CT molecular complexity index is 3030. The third-order valence-electron chi connectivity index (χ3n) is 27.4.